The topological polar surface area (TPSA) is 17.6 Å². The van der Waals surface area contributed by atoms with Gasteiger partial charge in [0.25, 0.3) is 0 Å². The third-order valence-electron chi connectivity index (χ3n) is 8.84. The molecule has 0 aliphatic rings. The number of nitrogens with zero attached hydrogens (tertiary/aromatic N) is 1. The van der Waals surface area contributed by atoms with Crippen LogP contribution in [0.2, 0.25) is 0 Å². The SMILES string of the molecule is c1ccc2cc3c(cc2c1)c1cc(-c2cccc4c2oc2ccccc24)cc2c4cc5ccccc5cc4n3c12. The molecular weight excluding hydrogens is 486 g/mol. The minimum atomic E-state index is 0.926. The lowest BCUT2D eigenvalue weighted by molar-refractivity contribution is 0.670. The zero-order chi connectivity index (χ0) is 25.9. The zero-order valence-electron chi connectivity index (χ0n) is 21.5. The van der Waals surface area contributed by atoms with E-state index in [1.807, 2.05) is 6.07 Å². The maximum atomic E-state index is 6.49. The molecule has 0 saturated heterocycles. The average molecular weight is 508 g/mol. The first-order valence-corrected chi connectivity index (χ1v) is 13.8. The Morgan fingerprint density at radius 1 is 0.425 bits per heavy atom. The monoisotopic (exact) mass is 507 g/mol. The number of hydrogen-bond acceptors (Lipinski definition) is 1. The summed E-state index contributed by atoms with van der Waals surface area (Å²) < 4.78 is 8.97. The van der Waals surface area contributed by atoms with E-state index in [4.69, 9.17) is 4.42 Å². The van der Waals surface area contributed by atoms with E-state index in [9.17, 15) is 0 Å². The number of benzene rings is 7. The van der Waals surface area contributed by atoms with Gasteiger partial charge in [0.05, 0.1) is 16.6 Å². The van der Waals surface area contributed by atoms with Gasteiger partial charge in [0, 0.05) is 37.9 Å². The molecule has 0 atom stereocenters. The van der Waals surface area contributed by atoms with Crippen LogP contribution in [0.3, 0.4) is 0 Å². The molecule has 184 valence electrons. The van der Waals surface area contributed by atoms with Crippen LogP contribution in [0.25, 0.3) is 92.7 Å². The van der Waals surface area contributed by atoms with E-state index in [0.717, 1.165) is 27.5 Å². The fourth-order valence-electron chi connectivity index (χ4n) is 7.04. The van der Waals surface area contributed by atoms with E-state index in [2.05, 4.69) is 126 Å². The molecule has 0 bridgehead atoms. The number of fused-ring (bicyclic) bond motifs is 11. The molecule has 3 heterocycles. The maximum absolute atomic E-state index is 6.49. The lowest BCUT2D eigenvalue weighted by Crippen LogP contribution is -1.82. The Morgan fingerprint density at radius 3 is 1.62 bits per heavy atom. The molecule has 0 unspecified atom stereocenters. The van der Waals surface area contributed by atoms with E-state index in [1.165, 1.54) is 65.2 Å². The van der Waals surface area contributed by atoms with Gasteiger partial charge in [-0.15, -0.1) is 0 Å². The van der Waals surface area contributed by atoms with Crippen LogP contribution in [0.15, 0.2) is 132 Å². The fraction of sp³-hybridized carbons (Fsp3) is 0. The molecule has 0 amide bonds. The van der Waals surface area contributed by atoms with Crippen molar-refractivity contribution in [3.8, 4) is 11.1 Å². The molecule has 0 aliphatic heterocycles. The van der Waals surface area contributed by atoms with Gasteiger partial charge in [-0.25, -0.2) is 0 Å². The Balaban J connectivity index is 1.42. The van der Waals surface area contributed by atoms with Crippen LogP contribution in [-0.2, 0) is 0 Å². The summed E-state index contributed by atoms with van der Waals surface area (Å²) in [6, 6.07) is 46.4. The number of hydrogen-bond donors (Lipinski definition) is 0. The lowest BCUT2D eigenvalue weighted by atomic mass is 9.96. The summed E-state index contributed by atoms with van der Waals surface area (Å²) in [5.41, 5.74) is 7.97. The lowest BCUT2D eigenvalue weighted by Gasteiger charge is -2.06. The summed E-state index contributed by atoms with van der Waals surface area (Å²) in [5.74, 6) is 0. The largest absolute Gasteiger partial charge is 0.455 e. The molecule has 0 spiro atoms. The Bertz CT molecular complexity index is 2530. The van der Waals surface area contributed by atoms with Gasteiger partial charge in [-0.05, 0) is 69.6 Å². The number of furan rings is 1. The normalized spacial score (nSPS) is 12.5. The predicted octanol–water partition coefficient (Wildman–Crippen LogP) is 10.7. The van der Waals surface area contributed by atoms with Gasteiger partial charge < -0.3 is 8.82 Å². The second kappa shape index (κ2) is 7.19. The third-order valence-corrected chi connectivity index (χ3v) is 8.84. The van der Waals surface area contributed by atoms with Crippen molar-refractivity contribution in [2.75, 3.05) is 0 Å². The fourth-order valence-corrected chi connectivity index (χ4v) is 7.04. The molecule has 0 radical (unpaired) electrons. The number of para-hydroxylation sites is 2. The van der Waals surface area contributed by atoms with Crippen molar-refractivity contribution in [1.29, 1.82) is 0 Å². The van der Waals surface area contributed by atoms with Gasteiger partial charge in [-0.3, -0.25) is 0 Å². The van der Waals surface area contributed by atoms with Crippen molar-refractivity contribution in [2.45, 2.75) is 0 Å². The summed E-state index contributed by atoms with van der Waals surface area (Å²) in [5, 5.41) is 12.5. The van der Waals surface area contributed by atoms with Crippen LogP contribution in [-0.4, -0.2) is 4.40 Å². The molecule has 0 N–H and O–H groups in total. The van der Waals surface area contributed by atoms with Crippen molar-refractivity contribution in [3.63, 3.8) is 0 Å². The van der Waals surface area contributed by atoms with Crippen molar-refractivity contribution < 1.29 is 4.42 Å². The smallest absolute Gasteiger partial charge is 0.143 e. The molecular formula is C38H21NO. The number of aromatic nitrogens is 1. The van der Waals surface area contributed by atoms with Crippen LogP contribution < -0.4 is 0 Å². The summed E-state index contributed by atoms with van der Waals surface area (Å²) in [7, 11) is 0. The molecule has 10 aromatic rings. The quantitative estimate of drug-likeness (QED) is 0.216. The van der Waals surface area contributed by atoms with Gasteiger partial charge in [0.15, 0.2) is 0 Å². The van der Waals surface area contributed by atoms with Gasteiger partial charge in [0.2, 0.25) is 0 Å². The average Bonchev–Trinajstić information content (AvgIpc) is 3.65. The van der Waals surface area contributed by atoms with E-state index >= 15 is 0 Å². The van der Waals surface area contributed by atoms with E-state index in [0.29, 0.717) is 0 Å². The van der Waals surface area contributed by atoms with Crippen molar-refractivity contribution in [1.82, 2.24) is 4.40 Å². The van der Waals surface area contributed by atoms with Gasteiger partial charge in [-0.2, -0.15) is 0 Å². The highest BCUT2D eigenvalue weighted by Crippen LogP contribution is 2.45. The minimum absolute atomic E-state index is 0.926. The molecule has 40 heavy (non-hydrogen) atoms. The molecule has 2 heteroatoms. The minimum Gasteiger partial charge on any atom is -0.455 e. The van der Waals surface area contributed by atoms with Crippen LogP contribution in [0.4, 0.5) is 0 Å². The first kappa shape index (κ1) is 20.6. The Labute approximate surface area is 228 Å². The highest BCUT2D eigenvalue weighted by atomic mass is 16.3. The van der Waals surface area contributed by atoms with Crippen LogP contribution in [0, 0.1) is 0 Å². The Kier molecular flexibility index (Phi) is 3.70. The van der Waals surface area contributed by atoms with E-state index < -0.39 is 0 Å². The molecule has 10 rings (SSSR count). The van der Waals surface area contributed by atoms with Crippen molar-refractivity contribution >= 4 is 81.6 Å². The van der Waals surface area contributed by atoms with Crippen LogP contribution in [0.5, 0.6) is 0 Å². The van der Waals surface area contributed by atoms with Gasteiger partial charge in [-0.1, -0.05) is 84.9 Å². The summed E-state index contributed by atoms with van der Waals surface area (Å²) in [6.45, 7) is 0. The number of rotatable bonds is 1. The molecule has 3 aromatic heterocycles. The van der Waals surface area contributed by atoms with E-state index in [1.54, 1.807) is 0 Å². The summed E-state index contributed by atoms with van der Waals surface area (Å²) in [6.07, 6.45) is 0. The van der Waals surface area contributed by atoms with Crippen LogP contribution in [0.1, 0.15) is 0 Å². The van der Waals surface area contributed by atoms with Crippen molar-refractivity contribution in [3.05, 3.63) is 127 Å². The summed E-state index contributed by atoms with van der Waals surface area (Å²) >= 11 is 0. The second-order valence-corrected chi connectivity index (χ2v) is 11.0. The Hall–Kier alpha value is -5.34. The molecule has 7 aromatic carbocycles. The van der Waals surface area contributed by atoms with Gasteiger partial charge >= 0.3 is 0 Å². The second-order valence-electron chi connectivity index (χ2n) is 11.0. The highest BCUT2D eigenvalue weighted by molar-refractivity contribution is 6.27. The molecule has 0 aliphatic carbocycles. The first-order chi connectivity index (χ1) is 19.8. The highest BCUT2D eigenvalue weighted by Gasteiger charge is 2.21. The third kappa shape index (κ3) is 2.53. The van der Waals surface area contributed by atoms with Crippen molar-refractivity contribution in [2.24, 2.45) is 0 Å². The Morgan fingerprint density at radius 2 is 0.975 bits per heavy atom. The predicted molar refractivity (Wildman–Crippen MR) is 169 cm³/mol. The molecule has 0 saturated carbocycles. The maximum Gasteiger partial charge on any atom is 0.143 e. The molecule has 2 nitrogen and oxygen atoms in total. The summed E-state index contributed by atoms with van der Waals surface area (Å²) in [4.78, 5) is 0. The first-order valence-electron chi connectivity index (χ1n) is 13.8. The standard InChI is InChI=1S/C38H21NO/c1-3-10-24-20-34-30(16-22(24)8-1)32-18-26(27-13-7-14-29-28-12-5-6-15-36(28)40-38(27)29)19-33-31-17-23-9-2-4-11-25(23)21-35(31)39(34)37(32)33/h1-21H. The van der Waals surface area contributed by atoms with Gasteiger partial charge in [0.1, 0.15) is 11.2 Å². The van der Waals surface area contributed by atoms with E-state index in [-0.39, 0.29) is 0 Å². The van der Waals surface area contributed by atoms with Crippen LogP contribution >= 0.6 is 0 Å². The molecule has 0 fully saturated rings. The zero-order valence-corrected chi connectivity index (χ0v) is 21.5.